The van der Waals surface area contributed by atoms with Crippen molar-refractivity contribution in [3.63, 3.8) is 0 Å². The zero-order valence-electron chi connectivity index (χ0n) is 6.79. The second-order valence-corrected chi connectivity index (χ2v) is 2.34. The molecule has 0 aromatic carbocycles. The fourth-order valence-electron chi connectivity index (χ4n) is 0.976. The van der Waals surface area contributed by atoms with E-state index in [9.17, 15) is 0 Å². The van der Waals surface area contributed by atoms with E-state index in [-0.39, 0.29) is 5.82 Å². The van der Waals surface area contributed by atoms with Crippen molar-refractivity contribution in [1.82, 2.24) is 29.8 Å². The second kappa shape index (κ2) is 2.67. The van der Waals surface area contributed by atoms with Crippen LogP contribution in [-0.4, -0.2) is 29.8 Å². The molecule has 0 fully saturated rings. The van der Waals surface area contributed by atoms with Crippen molar-refractivity contribution in [3.05, 3.63) is 18.2 Å². The van der Waals surface area contributed by atoms with Crippen LogP contribution < -0.4 is 0 Å². The summed E-state index contributed by atoms with van der Waals surface area (Å²) in [7, 11) is 1.69. The Morgan fingerprint density at radius 3 is 3.00 bits per heavy atom. The van der Waals surface area contributed by atoms with Gasteiger partial charge in [0.15, 0.2) is 0 Å². The van der Waals surface area contributed by atoms with Crippen LogP contribution in [0.5, 0.6) is 0 Å². The first-order valence-corrected chi connectivity index (χ1v) is 3.49. The summed E-state index contributed by atoms with van der Waals surface area (Å²) in [4.78, 5) is 3.82. The van der Waals surface area contributed by atoms with Gasteiger partial charge in [0.05, 0.1) is 0 Å². The number of rotatable bonds is 1. The van der Waals surface area contributed by atoms with Gasteiger partial charge < -0.3 is 0 Å². The third-order valence-electron chi connectivity index (χ3n) is 1.55. The molecule has 0 amide bonds. The van der Waals surface area contributed by atoms with Crippen LogP contribution in [-0.2, 0) is 7.05 Å². The summed E-state index contributed by atoms with van der Waals surface area (Å²) >= 11 is 0. The van der Waals surface area contributed by atoms with Crippen molar-refractivity contribution in [2.75, 3.05) is 0 Å². The minimum Gasteiger partial charge on any atom is -0.258 e. The van der Waals surface area contributed by atoms with Crippen LogP contribution in [0.15, 0.2) is 12.4 Å². The molecule has 2 rings (SSSR count). The van der Waals surface area contributed by atoms with Crippen molar-refractivity contribution < 1.29 is 0 Å². The van der Waals surface area contributed by atoms with Crippen LogP contribution >= 0.6 is 0 Å². The highest BCUT2D eigenvalue weighted by Crippen LogP contribution is 2.03. The van der Waals surface area contributed by atoms with E-state index in [0.29, 0.717) is 5.95 Å². The average molecular weight is 175 g/mol. The Hall–Kier alpha value is -2.23. The molecule has 0 saturated carbocycles. The van der Waals surface area contributed by atoms with E-state index in [1.54, 1.807) is 13.2 Å². The SMILES string of the molecule is Cn1nnnc1-n1ccnc1C#N. The number of aromatic nitrogens is 6. The number of tetrazole rings is 1. The standard InChI is InChI=1S/C6H5N7/c1-12-6(9-10-11-12)13-3-2-8-5(13)4-7/h2-3H,1H3. The molecule has 0 saturated heterocycles. The maximum absolute atomic E-state index is 8.69. The topological polar surface area (TPSA) is 85.2 Å². The van der Waals surface area contributed by atoms with Gasteiger partial charge in [-0.15, -0.1) is 0 Å². The molecule has 0 aliphatic rings. The Bertz CT molecular complexity index is 459. The lowest BCUT2D eigenvalue weighted by molar-refractivity contribution is 0.689. The molecule has 2 heterocycles. The molecule has 2 aromatic heterocycles. The first-order valence-electron chi connectivity index (χ1n) is 3.49. The van der Waals surface area contributed by atoms with Gasteiger partial charge in [0.25, 0.3) is 5.95 Å². The van der Waals surface area contributed by atoms with Gasteiger partial charge in [-0.3, -0.25) is 4.57 Å². The first-order chi connectivity index (χ1) is 6.33. The molecular formula is C6H5N7. The zero-order chi connectivity index (χ0) is 9.26. The van der Waals surface area contributed by atoms with Crippen LogP contribution in [0.25, 0.3) is 5.95 Å². The van der Waals surface area contributed by atoms with Gasteiger partial charge in [-0.05, 0) is 10.4 Å². The summed E-state index contributed by atoms with van der Waals surface area (Å²) in [5.74, 6) is 0.729. The van der Waals surface area contributed by atoms with Crippen LogP contribution in [0.1, 0.15) is 5.82 Å². The van der Waals surface area contributed by atoms with Gasteiger partial charge in [0.1, 0.15) is 6.07 Å². The molecule has 2 aromatic rings. The molecule has 0 unspecified atom stereocenters. The lowest BCUT2D eigenvalue weighted by Gasteiger charge is -1.98. The van der Waals surface area contributed by atoms with E-state index >= 15 is 0 Å². The smallest absolute Gasteiger partial charge is 0.255 e. The lowest BCUT2D eigenvalue weighted by Crippen LogP contribution is -2.05. The predicted molar refractivity (Wildman–Crippen MR) is 40.6 cm³/mol. The van der Waals surface area contributed by atoms with Gasteiger partial charge in [-0.25, -0.2) is 9.67 Å². The Balaban J connectivity index is 2.60. The van der Waals surface area contributed by atoms with Crippen LogP contribution in [0, 0.1) is 11.3 Å². The van der Waals surface area contributed by atoms with E-state index in [0.717, 1.165) is 0 Å². The summed E-state index contributed by atoms with van der Waals surface area (Å²) in [6, 6.07) is 1.93. The summed E-state index contributed by atoms with van der Waals surface area (Å²) in [5.41, 5.74) is 0. The van der Waals surface area contributed by atoms with Crippen molar-refractivity contribution in [3.8, 4) is 12.0 Å². The van der Waals surface area contributed by atoms with Gasteiger partial charge in [0, 0.05) is 19.4 Å². The highest BCUT2D eigenvalue weighted by molar-refractivity contribution is 5.21. The summed E-state index contributed by atoms with van der Waals surface area (Å²) in [6.07, 6.45) is 3.15. The van der Waals surface area contributed by atoms with Crippen molar-refractivity contribution >= 4 is 0 Å². The number of hydrogen-bond acceptors (Lipinski definition) is 5. The molecular weight excluding hydrogens is 170 g/mol. The molecule has 7 heteroatoms. The maximum Gasteiger partial charge on any atom is 0.255 e. The van der Waals surface area contributed by atoms with Gasteiger partial charge in [-0.1, -0.05) is 5.10 Å². The van der Waals surface area contributed by atoms with Crippen molar-refractivity contribution in [2.24, 2.45) is 7.05 Å². The lowest BCUT2D eigenvalue weighted by atomic mass is 10.6. The summed E-state index contributed by atoms with van der Waals surface area (Å²) < 4.78 is 2.97. The van der Waals surface area contributed by atoms with Crippen LogP contribution in [0.3, 0.4) is 0 Å². The summed E-state index contributed by atoms with van der Waals surface area (Å²) in [5, 5.41) is 19.5. The molecule has 0 N–H and O–H groups in total. The first kappa shape index (κ1) is 7.42. The van der Waals surface area contributed by atoms with E-state index in [1.807, 2.05) is 6.07 Å². The fourth-order valence-corrected chi connectivity index (χ4v) is 0.976. The minimum absolute atomic E-state index is 0.262. The van der Waals surface area contributed by atoms with Crippen molar-refractivity contribution in [1.29, 1.82) is 5.26 Å². The molecule has 0 aliphatic heterocycles. The number of hydrogen-bond donors (Lipinski definition) is 0. The largest absolute Gasteiger partial charge is 0.258 e. The number of imidazole rings is 1. The fraction of sp³-hybridized carbons (Fsp3) is 0.167. The highest BCUT2D eigenvalue weighted by atomic mass is 15.6. The minimum atomic E-state index is 0.262. The third-order valence-corrected chi connectivity index (χ3v) is 1.55. The highest BCUT2D eigenvalue weighted by Gasteiger charge is 2.08. The molecule has 0 bridgehead atoms. The van der Waals surface area contributed by atoms with Gasteiger partial charge >= 0.3 is 0 Å². The quantitative estimate of drug-likeness (QED) is 0.570. The average Bonchev–Trinajstić information content (AvgIpc) is 2.71. The predicted octanol–water partition coefficient (Wildman–Crippen LogP) is -0.733. The number of aryl methyl sites for hydroxylation is 1. The molecule has 13 heavy (non-hydrogen) atoms. The Kier molecular flexibility index (Phi) is 1.53. The third kappa shape index (κ3) is 1.04. The monoisotopic (exact) mass is 175 g/mol. The Labute approximate surface area is 73.2 Å². The van der Waals surface area contributed by atoms with Crippen molar-refractivity contribution in [2.45, 2.75) is 0 Å². The van der Waals surface area contributed by atoms with E-state index in [2.05, 4.69) is 20.5 Å². The second-order valence-electron chi connectivity index (χ2n) is 2.34. The normalized spacial score (nSPS) is 9.85. The summed E-state index contributed by atoms with van der Waals surface area (Å²) in [6.45, 7) is 0. The molecule has 0 atom stereocenters. The number of nitrogens with zero attached hydrogens (tertiary/aromatic N) is 7. The van der Waals surface area contributed by atoms with Gasteiger partial charge in [0.2, 0.25) is 5.82 Å². The van der Waals surface area contributed by atoms with E-state index in [4.69, 9.17) is 5.26 Å². The molecule has 0 radical (unpaired) electrons. The van der Waals surface area contributed by atoms with Crippen LogP contribution in [0.2, 0.25) is 0 Å². The molecule has 0 aliphatic carbocycles. The van der Waals surface area contributed by atoms with Gasteiger partial charge in [-0.2, -0.15) is 5.26 Å². The van der Waals surface area contributed by atoms with E-state index < -0.39 is 0 Å². The molecule has 0 spiro atoms. The van der Waals surface area contributed by atoms with E-state index in [1.165, 1.54) is 15.4 Å². The molecule has 7 nitrogen and oxygen atoms in total. The van der Waals surface area contributed by atoms with Crippen LogP contribution in [0.4, 0.5) is 0 Å². The Morgan fingerprint density at radius 2 is 2.38 bits per heavy atom. The Morgan fingerprint density at radius 1 is 1.54 bits per heavy atom. The zero-order valence-corrected chi connectivity index (χ0v) is 6.79. The number of nitriles is 1. The maximum atomic E-state index is 8.69. The molecule has 64 valence electrons.